The lowest BCUT2D eigenvalue weighted by molar-refractivity contribution is -0.628. The van der Waals surface area contributed by atoms with Crippen LogP contribution >= 0.6 is 0 Å². The van der Waals surface area contributed by atoms with Gasteiger partial charge in [0, 0.05) is 6.61 Å². The van der Waals surface area contributed by atoms with E-state index in [0.29, 0.717) is 13.2 Å². The summed E-state index contributed by atoms with van der Waals surface area (Å²) in [5, 5.41) is 2.10. The molecule has 0 amide bonds. The number of nitrogens with two attached hydrogens (primary N) is 1. The summed E-state index contributed by atoms with van der Waals surface area (Å²) in [6, 6.07) is 0. The summed E-state index contributed by atoms with van der Waals surface area (Å²) in [4.78, 5) is 0. The third-order valence-electron chi connectivity index (χ3n) is 1.35. The van der Waals surface area contributed by atoms with Crippen LogP contribution in [0.15, 0.2) is 12.2 Å². The van der Waals surface area contributed by atoms with Gasteiger partial charge in [0.15, 0.2) is 0 Å². The smallest absolute Gasteiger partial charge is 0.0991 e. The lowest BCUT2D eigenvalue weighted by atomic mass is 10.5. The number of quaternary nitrogens is 1. The Morgan fingerprint density at radius 1 is 1.17 bits per heavy atom. The van der Waals surface area contributed by atoms with E-state index < -0.39 is 0 Å². The molecule has 0 spiro atoms. The van der Waals surface area contributed by atoms with E-state index in [9.17, 15) is 0 Å². The third-order valence-corrected chi connectivity index (χ3v) is 1.35. The average molecular weight is 174 g/mol. The van der Waals surface area contributed by atoms with Crippen molar-refractivity contribution in [3.8, 4) is 0 Å². The number of rotatable bonds is 8. The zero-order chi connectivity index (χ0) is 9.07. The highest BCUT2D eigenvalue weighted by Gasteiger charge is 1.83. The van der Waals surface area contributed by atoms with Crippen LogP contribution in [0.3, 0.4) is 0 Å². The van der Waals surface area contributed by atoms with Crippen molar-refractivity contribution < 1.29 is 14.8 Å². The maximum Gasteiger partial charge on any atom is 0.0991 e. The van der Waals surface area contributed by atoms with Gasteiger partial charge in [-0.2, -0.15) is 0 Å². The van der Waals surface area contributed by atoms with Crippen molar-refractivity contribution in [2.75, 3.05) is 40.0 Å². The van der Waals surface area contributed by atoms with Crippen LogP contribution in [0.4, 0.5) is 0 Å². The number of likely N-dealkylation sites (N-methyl/N-ethyl adjacent to an activating group) is 1. The van der Waals surface area contributed by atoms with Crippen molar-refractivity contribution in [1.82, 2.24) is 0 Å². The standard InChI is InChI=1S/C9H19NO2/c1-3-11-7-4-5-8-12-9-6-10-2/h4-5,10H,3,6-9H2,1-2H3/p+1/b5-4-. The predicted octanol–water partition coefficient (Wildman–Crippen LogP) is -0.211. The molecule has 3 heteroatoms. The third kappa shape index (κ3) is 9.62. The maximum absolute atomic E-state index is 5.28. The fourth-order valence-corrected chi connectivity index (χ4v) is 0.675. The van der Waals surface area contributed by atoms with E-state index in [1.165, 1.54) is 0 Å². The zero-order valence-corrected chi connectivity index (χ0v) is 8.08. The summed E-state index contributed by atoms with van der Waals surface area (Å²) >= 11 is 0. The molecule has 0 bridgehead atoms. The van der Waals surface area contributed by atoms with Gasteiger partial charge in [0.05, 0.1) is 33.4 Å². The first-order valence-electron chi connectivity index (χ1n) is 4.50. The summed E-state index contributed by atoms with van der Waals surface area (Å²) in [7, 11) is 2.04. The zero-order valence-electron chi connectivity index (χ0n) is 8.08. The Labute approximate surface area is 74.7 Å². The first-order valence-corrected chi connectivity index (χ1v) is 4.50. The maximum atomic E-state index is 5.28. The molecule has 0 radical (unpaired) electrons. The van der Waals surface area contributed by atoms with Gasteiger partial charge in [-0.1, -0.05) is 12.2 Å². The highest BCUT2D eigenvalue weighted by Crippen LogP contribution is 1.79. The van der Waals surface area contributed by atoms with Crippen LogP contribution in [-0.4, -0.2) is 40.0 Å². The highest BCUT2D eigenvalue weighted by atomic mass is 16.5. The van der Waals surface area contributed by atoms with Crippen LogP contribution in [0.1, 0.15) is 6.92 Å². The summed E-state index contributed by atoms with van der Waals surface area (Å²) in [6.07, 6.45) is 3.98. The molecule has 0 aromatic heterocycles. The SMILES string of the molecule is CCOC/C=C\COCC[NH2+]C. The second-order valence-corrected chi connectivity index (χ2v) is 2.40. The second-order valence-electron chi connectivity index (χ2n) is 2.40. The van der Waals surface area contributed by atoms with Gasteiger partial charge in [0.25, 0.3) is 0 Å². The van der Waals surface area contributed by atoms with Crippen molar-refractivity contribution in [3.05, 3.63) is 12.2 Å². The lowest BCUT2D eigenvalue weighted by Gasteiger charge is -1.97. The summed E-state index contributed by atoms with van der Waals surface area (Å²) < 4.78 is 10.4. The summed E-state index contributed by atoms with van der Waals surface area (Å²) in [5.41, 5.74) is 0. The number of hydrogen-bond donors (Lipinski definition) is 1. The molecule has 2 N–H and O–H groups in total. The molecule has 3 nitrogen and oxygen atoms in total. The molecule has 0 aromatic carbocycles. The van der Waals surface area contributed by atoms with E-state index in [1.807, 2.05) is 26.1 Å². The Morgan fingerprint density at radius 2 is 1.83 bits per heavy atom. The summed E-state index contributed by atoms with van der Waals surface area (Å²) in [6.45, 7) is 5.99. The quantitative estimate of drug-likeness (QED) is 0.408. The Balaban J connectivity index is 2.92. The molecule has 0 unspecified atom stereocenters. The van der Waals surface area contributed by atoms with E-state index in [4.69, 9.17) is 9.47 Å². The molecular formula is C9H20NO2+. The van der Waals surface area contributed by atoms with Gasteiger partial charge in [0.2, 0.25) is 0 Å². The van der Waals surface area contributed by atoms with Gasteiger partial charge in [-0.15, -0.1) is 0 Å². The Bertz CT molecular complexity index is 105. The molecule has 0 aliphatic rings. The van der Waals surface area contributed by atoms with Crippen LogP contribution in [-0.2, 0) is 9.47 Å². The molecule has 0 rings (SSSR count). The van der Waals surface area contributed by atoms with Gasteiger partial charge >= 0.3 is 0 Å². The molecule has 0 aliphatic heterocycles. The van der Waals surface area contributed by atoms with Crippen molar-refractivity contribution in [2.45, 2.75) is 6.92 Å². The van der Waals surface area contributed by atoms with Gasteiger partial charge in [0.1, 0.15) is 0 Å². The molecule has 12 heavy (non-hydrogen) atoms. The molecule has 0 aliphatic carbocycles. The fourth-order valence-electron chi connectivity index (χ4n) is 0.675. The summed E-state index contributed by atoms with van der Waals surface area (Å²) in [5.74, 6) is 0. The van der Waals surface area contributed by atoms with Crippen LogP contribution in [0.5, 0.6) is 0 Å². The Morgan fingerprint density at radius 3 is 2.42 bits per heavy atom. The van der Waals surface area contributed by atoms with Gasteiger partial charge in [-0.3, -0.25) is 0 Å². The van der Waals surface area contributed by atoms with Crippen molar-refractivity contribution >= 4 is 0 Å². The fraction of sp³-hybridized carbons (Fsp3) is 0.778. The van der Waals surface area contributed by atoms with Crippen molar-refractivity contribution in [2.24, 2.45) is 0 Å². The average Bonchev–Trinajstić information content (AvgIpc) is 2.10. The monoisotopic (exact) mass is 174 g/mol. The second kappa shape index (κ2) is 10.6. The van der Waals surface area contributed by atoms with E-state index >= 15 is 0 Å². The topological polar surface area (TPSA) is 35.1 Å². The Hall–Kier alpha value is -0.380. The van der Waals surface area contributed by atoms with E-state index in [2.05, 4.69) is 5.32 Å². The normalized spacial score (nSPS) is 11.2. The molecule has 0 heterocycles. The molecule has 0 atom stereocenters. The first-order chi connectivity index (χ1) is 5.91. The van der Waals surface area contributed by atoms with Gasteiger partial charge in [-0.05, 0) is 6.92 Å². The van der Waals surface area contributed by atoms with Crippen molar-refractivity contribution in [3.63, 3.8) is 0 Å². The largest absolute Gasteiger partial charge is 0.378 e. The highest BCUT2D eigenvalue weighted by molar-refractivity contribution is 4.80. The Kier molecular flexibility index (Phi) is 10.3. The number of ether oxygens (including phenoxy) is 2. The minimum Gasteiger partial charge on any atom is -0.378 e. The van der Waals surface area contributed by atoms with E-state index in [1.54, 1.807) is 0 Å². The molecule has 0 saturated heterocycles. The predicted molar refractivity (Wildman–Crippen MR) is 49.2 cm³/mol. The van der Waals surface area contributed by atoms with Crippen LogP contribution in [0, 0.1) is 0 Å². The molecule has 72 valence electrons. The van der Waals surface area contributed by atoms with Crippen molar-refractivity contribution in [1.29, 1.82) is 0 Å². The van der Waals surface area contributed by atoms with Crippen LogP contribution in [0.2, 0.25) is 0 Å². The van der Waals surface area contributed by atoms with E-state index in [-0.39, 0.29) is 0 Å². The minimum atomic E-state index is 0.694. The molecule has 0 aromatic rings. The molecular weight excluding hydrogens is 154 g/mol. The molecule has 0 fully saturated rings. The minimum absolute atomic E-state index is 0.694. The van der Waals surface area contributed by atoms with Crippen LogP contribution < -0.4 is 5.32 Å². The first kappa shape index (κ1) is 11.6. The molecule has 0 saturated carbocycles. The van der Waals surface area contributed by atoms with Gasteiger partial charge < -0.3 is 14.8 Å². The number of hydrogen-bond acceptors (Lipinski definition) is 2. The van der Waals surface area contributed by atoms with Crippen LogP contribution in [0.25, 0.3) is 0 Å². The van der Waals surface area contributed by atoms with Gasteiger partial charge in [-0.25, -0.2) is 0 Å². The lowest BCUT2D eigenvalue weighted by Crippen LogP contribution is -2.80. The van der Waals surface area contributed by atoms with E-state index in [0.717, 1.165) is 19.8 Å².